The summed E-state index contributed by atoms with van der Waals surface area (Å²) in [6.45, 7) is 2.68. The third-order valence-electron chi connectivity index (χ3n) is 3.10. The van der Waals surface area contributed by atoms with Crippen molar-refractivity contribution in [1.29, 1.82) is 0 Å². The molecule has 0 saturated carbocycles. The number of aryl methyl sites for hydroxylation is 1. The predicted molar refractivity (Wildman–Crippen MR) is 82.3 cm³/mol. The molecule has 1 aromatic heterocycles. The van der Waals surface area contributed by atoms with Gasteiger partial charge in [-0.2, -0.15) is 0 Å². The summed E-state index contributed by atoms with van der Waals surface area (Å²) in [5.74, 6) is 0.733. The number of rotatable bonds is 3. The molecule has 19 heavy (non-hydrogen) atoms. The summed E-state index contributed by atoms with van der Waals surface area (Å²) >= 11 is 7.85. The molecule has 1 nitrogen and oxygen atoms in total. The molecule has 0 bridgehead atoms. The molecule has 0 amide bonds. The summed E-state index contributed by atoms with van der Waals surface area (Å²) in [6.07, 6.45) is 0. The topological polar surface area (TPSA) is 9.23 Å². The maximum atomic E-state index is 6.09. The molecule has 0 aliphatic heterocycles. The lowest BCUT2D eigenvalue weighted by atomic mass is 10.1. The number of ether oxygens (including phenoxy) is 1. The lowest BCUT2D eigenvalue weighted by Crippen LogP contribution is -1.95. The Morgan fingerprint density at radius 2 is 1.95 bits per heavy atom. The molecular weight excluding hydrogens is 276 g/mol. The van der Waals surface area contributed by atoms with E-state index in [9.17, 15) is 0 Å². The molecule has 0 radical (unpaired) electrons. The number of hydrogen-bond donors (Lipinski definition) is 0. The van der Waals surface area contributed by atoms with E-state index in [1.807, 2.05) is 24.3 Å². The molecule has 3 rings (SSSR count). The van der Waals surface area contributed by atoms with Crippen LogP contribution in [-0.2, 0) is 6.61 Å². The van der Waals surface area contributed by atoms with E-state index in [1.54, 1.807) is 11.3 Å². The number of benzene rings is 2. The van der Waals surface area contributed by atoms with Crippen molar-refractivity contribution in [1.82, 2.24) is 0 Å². The van der Waals surface area contributed by atoms with Crippen molar-refractivity contribution in [2.45, 2.75) is 13.5 Å². The van der Waals surface area contributed by atoms with Crippen molar-refractivity contribution in [2.75, 3.05) is 0 Å². The van der Waals surface area contributed by atoms with E-state index in [0.29, 0.717) is 11.6 Å². The molecular formula is C16H13ClOS. The number of halogens is 1. The molecule has 0 aliphatic carbocycles. The third-order valence-corrected chi connectivity index (χ3v) is 4.41. The minimum absolute atomic E-state index is 0.550. The van der Waals surface area contributed by atoms with Crippen molar-refractivity contribution < 1.29 is 4.74 Å². The first-order valence-corrected chi connectivity index (χ1v) is 7.34. The van der Waals surface area contributed by atoms with Gasteiger partial charge in [0.05, 0.1) is 5.02 Å². The van der Waals surface area contributed by atoms with Crippen LogP contribution in [0.4, 0.5) is 0 Å². The van der Waals surface area contributed by atoms with Crippen molar-refractivity contribution in [2.24, 2.45) is 0 Å². The molecule has 0 saturated heterocycles. The summed E-state index contributed by atoms with van der Waals surface area (Å²) < 4.78 is 7.12. The van der Waals surface area contributed by atoms with Crippen LogP contribution >= 0.6 is 22.9 Å². The average Bonchev–Trinajstić information content (AvgIpc) is 2.83. The van der Waals surface area contributed by atoms with Crippen molar-refractivity contribution in [3.63, 3.8) is 0 Å². The fourth-order valence-electron chi connectivity index (χ4n) is 2.17. The van der Waals surface area contributed by atoms with Crippen LogP contribution in [0.5, 0.6) is 5.75 Å². The molecule has 3 aromatic rings. The molecule has 2 aromatic carbocycles. The van der Waals surface area contributed by atoms with Gasteiger partial charge in [-0.15, -0.1) is 11.3 Å². The minimum Gasteiger partial charge on any atom is -0.487 e. The molecule has 0 aliphatic rings. The van der Waals surface area contributed by atoms with Gasteiger partial charge >= 0.3 is 0 Å². The zero-order valence-electron chi connectivity index (χ0n) is 10.5. The van der Waals surface area contributed by atoms with Crippen LogP contribution in [0.3, 0.4) is 0 Å². The SMILES string of the molecule is Cc1cccc2scc(COc3ccccc3Cl)c12. The fraction of sp³-hybridized carbons (Fsp3) is 0.125. The number of para-hydroxylation sites is 1. The van der Waals surface area contributed by atoms with Crippen LogP contribution < -0.4 is 4.74 Å². The van der Waals surface area contributed by atoms with E-state index >= 15 is 0 Å². The quantitative estimate of drug-likeness (QED) is 0.623. The standard InChI is InChI=1S/C16H13ClOS/c1-11-5-4-8-15-16(11)12(10-19-15)9-18-14-7-3-2-6-13(14)17/h2-8,10H,9H2,1H3. The number of fused-ring (bicyclic) bond motifs is 1. The Morgan fingerprint density at radius 3 is 2.79 bits per heavy atom. The van der Waals surface area contributed by atoms with Gasteiger partial charge in [0.2, 0.25) is 0 Å². The van der Waals surface area contributed by atoms with Crippen LogP contribution in [0.15, 0.2) is 47.8 Å². The maximum absolute atomic E-state index is 6.09. The van der Waals surface area contributed by atoms with Gasteiger partial charge in [0.25, 0.3) is 0 Å². The molecule has 1 heterocycles. The van der Waals surface area contributed by atoms with Crippen molar-refractivity contribution >= 4 is 33.0 Å². The normalized spacial score (nSPS) is 10.8. The lowest BCUT2D eigenvalue weighted by Gasteiger charge is -2.07. The first-order chi connectivity index (χ1) is 9.25. The van der Waals surface area contributed by atoms with Gasteiger partial charge in [0, 0.05) is 15.6 Å². The van der Waals surface area contributed by atoms with Gasteiger partial charge in [-0.25, -0.2) is 0 Å². The Balaban J connectivity index is 1.89. The molecule has 0 fully saturated rings. The van der Waals surface area contributed by atoms with Crippen LogP contribution in [0.2, 0.25) is 5.02 Å². The highest BCUT2D eigenvalue weighted by Crippen LogP contribution is 2.30. The van der Waals surface area contributed by atoms with E-state index in [4.69, 9.17) is 16.3 Å². The zero-order valence-corrected chi connectivity index (χ0v) is 12.1. The van der Waals surface area contributed by atoms with E-state index in [2.05, 4.69) is 30.5 Å². The maximum Gasteiger partial charge on any atom is 0.138 e. The number of thiophene rings is 1. The summed E-state index contributed by atoms with van der Waals surface area (Å²) in [7, 11) is 0. The van der Waals surface area contributed by atoms with Gasteiger partial charge in [-0.05, 0) is 36.1 Å². The first kappa shape index (κ1) is 12.5. The van der Waals surface area contributed by atoms with E-state index in [0.717, 1.165) is 5.75 Å². The van der Waals surface area contributed by atoms with Crippen molar-refractivity contribution in [3.05, 3.63) is 64.0 Å². The highest BCUT2D eigenvalue weighted by atomic mass is 35.5. The number of hydrogen-bond acceptors (Lipinski definition) is 2. The first-order valence-electron chi connectivity index (χ1n) is 6.09. The smallest absolute Gasteiger partial charge is 0.138 e. The van der Waals surface area contributed by atoms with E-state index in [-0.39, 0.29) is 0 Å². The van der Waals surface area contributed by atoms with Crippen LogP contribution in [0.25, 0.3) is 10.1 Å². The molecule has 96 valence electrons. The fourth-order valence-corrected chi connectivity index (χ4v) is 3.38. The Hall–Kier alpha value is -1.51. The third kappa shape index (κ3) is 2.46. The summed E-state index contributed by atoms with van der Waals surface area (Å²) in [6, 6.07) is 13.9. The average molecular weight is 289 g/mol. The van der Waals surface area contributed by atoms with Crippen LogP contribution in [-0.4, -0.2) is 0 Å². The minimum atomic E-state index is 0.550. The molecule has 0 spiro atoms. The second kappa shape index (κ2) is 5.24. The lowest BCUT2D eigenvalue weighted by molar-refractivity contribution is 0.308. The van der Waals surface area contributed by atoms with Crippen LogP contribution in [0, 0.1) is 6.92 Å². The molecule has 0 N–H and O–H groups in total. The van der Waals surface area contributed by atoms with Gasteiger partial charge in [0.15, 0.2) is 0 Å². The van der Waals surface area contributed by atoms with E-state index < -0.39 is 0 Å². The van der Waals surface area contributed by atoms with Gasteiger partial charge in [-0.3, -0.25) is 0 Å². The largest absolute Gasteiger partial charge is 0.487 e. The Morgan fingerprint density at radius 1 is 1.11 bits per heavy atom. The summed E-state index contributed by atoms with van der Waals surface area (Å²) in [5.41, 5.74) is 2.51. The highest BCUT2D eigenvalue weighted by molar-refractivity contribution is 7.17. The molecule has 3 heteroatoms. The molecule has 0 unspecified atom stereocenters. The summed E-state index contributed by atoms with van der Waals surface area (Å²) in [5, 5.41) is 4.12. The van der Waals surface area contributed by atoms with Gasteiger partial charge < -0.3 is 4.74 Å². The zero-order chi connectivity index (χ0) is 13.2. The highest BCUT2D eigenvalue weighted by Gasteiger charge is 2.08. The van der Waals surface area contributed by atoms with Gasteiger partial charge in [0.1, 0.15) is 12.4 Å². The second-order valence-electron chi connectivity index (χ2n) is 4.43. The monoisotopic (exact) mass is 288 g/mol. The van der Waals surface area contributed by atoms with Crippen LogP contribution in [0.1, 0.15) is 11.1 Å². The van der Waals surface area contributed by atoms with Gasteiger partial charge in [-0.1, -0.05) is 35.9 Å². The van der Waals surface area contributed by atoms with Crippen molar-refractivity contribution in [3.8, 4) is 5.75 Å². The Kier molecular flexibility index (Phi) is 3.45. The molecule has 0 atom stereocenters. The second-order valence-corrected chi connectivity index (χ2v) is 5.75. The Labute approximate surface area is 121 Å². The predicted octanol–water partition coefficient (Wildman–Crippen LogP) is 5.44. The van der Waals surface area contributed by atoms with E-state index in [1.165, 1.54) is 21.2 Å². The summed E-state index contributed by atoms with van der Waals surface area (Å²) in [4.78, 5) is 0. The Bertz CT molecular complexity index is 718.